The van der Waals surface area contributed by atoms with Crippen molar-refractivity contribution in [3.63, 3.8) is 0 Å². The fourth-order valence-corrected chi connectivity index (χ4v) is 5.43. The zero-order chi connectivity index (χ0) is 23.2. The quantitative estimate of drug-likeness (QED) is 0.147. The lowest BCUT2D eigenvalue weighted by molar-refractivity contribution is -0.0376. The number of rotatable bonds is 19. The molecule has 0 amide bonds. The Hall–Kier alpha value is 0.0700. The van der Waals surface area contributed by atoms with Crippen LogP contribution in [0, 0.1) is 11.8 Å². The van der Waals surface area contributed by atoms with E-state index in [1.54, 1.807) is 0 Å². The van der Waals surface area contributed by atoms with Crippen LogP contribution in [-0.4, -0.2) is 36.4 Å². The highest BCUT2D eigenvalue weighted by molar-refractivity contribution is 7.48. The maximum absolute atomic E-state index is 13.7. The van der Waals surface area contributed by atoms with Crippen LogP contribution >= 0.6 is 7.82 Å². The van der Waals surface area contributed by atoms with Gasteiger partial charge in [0.2, 0.25) is 0 Å². The normalized spacial score (nSPS) is 17.5. The molecule has 0 fully saturated rings. The fraction of sp³-hybridized carbons (Fsp3) is 1.00. The first-order chi connectivity index (χ1) is 14.1. The molecule has 0 aromatic rings. The van der Waals surface area contributed by atoms with Crippen LogP contribution in [0.5, 0.6) is 0 Å². The molecule has 30 heavy (non-hydrogen) atoms. The smallest absolute Gasteiger partial charge is 0.287 e. The van der Waals surface area contributed by atoms with Gasteiger partial charge in [-0.05, 0) is 59.3 Å². The van der Waals surface area contributed by atoms with Gasteiger partial charge in [0.05, 0.1) is 13.2 Å². The third kappa shape index (κ3) is 12.2. The molecule has 0 aliphatic heterocycles. The van der Waals surface area contributed by atoms with Crippen molar-refractivity contribution >= 4 is 7.82 Å². The summed E-state index contributed by atoms with van der Waals surface area (Å²) in [6, 6.07) is 0.545. The molecule has 0 radical (unpaired) electrons. The van der Waals surface area contributed by atoms with Gasteiger partial charge in [-0.2, -0.15) is 0 Å². The topological polar surface area (TPSA) is 48.0 Å². The first kappa shape index (κ1) is 30.1. The molecule has 0 saturated carbocycles. The second-order valence-electron chi connectivity index (χ2n) is 9.21. The summed E-state index contributed by atoms with van der Waals surface area (Å²) in [5.41, 5.74) is 0. The second kappa shape index (κ2) is 16.7. The lowest BCUT2D eigenvalue weighted by Crippen LogP contribution is -2.44. The Bertz CT molecular complexity index is 426. The Morgan fingerprint density at radius 1 is 0.733 bits per heavy atom. The summed E-state index contributed by atoms with van der Waals surface area (Å²) < 4.78 is 31.6. The fourth-order valence-electron chi connectivity index (χ4n) is 3.97. The summed E-state index contributed by atoms with van der Waals surface area (Å²) in [4.78, 5) is 2.20. The molecule has 182 valence electrons. The molecule has 0 bridgehead atoms. The van der Waals surface area contributed by atoms with Crippen molar-refractivity contribution in [2.75, 3.05) is 13.2 Å². The second-order valence-corrected chi connectivity index (χ2v) is 10.8. The van der Waals surface area contributed by atoms with Gasteiger partial charge in [0.1, 0.15) is 6.23 Å². The molecule has 3 atom stereocenters. The van der Waals surface area contributed by atoms with Gasteiger partial charge in [-0.1, -0.05) is 66.2 Å². The van der Waals surface area contributed by atoms with Crippen molar-refractivity contribution in [3.8, 4) is 0 Å². The molecular weight excluding hydrogens is 397 g/mol. The molecule has 0 heterocycles. The van der Waals surface area contributed by atoms with Gasteiger partial charge in [0.15, 0.2) is 0 Å². The molecule has 0 aromatic heterocycles. The summed E-state index contributed by atoms with van der Waals surface area (Å²) in [6.07, 6.45) is 8.48. The zero-order valence-electron chi connectivity index (χ0n) is 21.5. The first-order valence-corrected chi connectivity index (χ1v) is 13.9. The Kier molecular flexibility index (Phi) is 16.7. The molecule has 0 spiro atoms. The highest BCUT2D eigenvalue weighted by Crippen LogP contribution is 2.52. The predicted molar refractivity (Wildman–Crippen MR) is 129 cm³/mol. The minimum Gasteiger partial charge on any atom is -0.287 e. The van der Waals surface area contributed by atoms with Crippen LogP contribution in [0.3, 0.4) is 0 Å². The molecule has 5 nitrogen and oxygen atoms in total. The molecule has 0 N–H and O–H groups in total. The van der Waals surface area contributed by atoms with Gasteiger partial charge < -0.3 is 0 Å². The number of hydrogen-bond acceptors (Lipinski definition) is 5. The van der Waals surface area contributed by atoms with Crippen molar-refractivity contribution in [3.05, 3.63) is 0 Å². The summed E-state index contributed by atoms with van der Waals surface area (Å²) in [6.45, 7) is 20.0. The summed E-state index contributed by atoms with van der Waals surface area (Å²) >= 11 is 0. The van der Waals surface area contributed by atoms with Crippen molar-refractivity contribution in [1.82, 2.24) is 4.90 Å². The predicted octanol–water partition coefficient (Wildman–Crippen LogP) is 8.04. The lowest BCUT2D eigenvalue weighted by atomic mass is 10.0. The Morgan fingerprint density at radius 2 is 1.13 bits per heavy atom. The van der Waals surface area contributed by atoms with E-state index in [9.17, 15) is 4.57 Å². The van der Waals surface area contributed by atoms with E-state index in [4.69, 9.17) is 13.6 Å². The van der Waals surface area contributed by atoms with Gasteiger partial charge in [0, 0.05) is 12.1 Å². The summed E-state index contributed by atoms with van der Waals surface area (Å²) in [7, 11) is -3.65. The summed E-state index contributed by atoms with van der Waals surface area (Å²) in [5.74, 6) is 0.767. The summed E-state index contributed by atoms with van der Waals surface area (Å²) in [5, 5.41) is 0. The van der Waals surface area contributed by atoms with Gasteiger partial charge in [-0.3, -0.25) is 18.5 Å². The zero-order valence-corrected chi connectivity index (χ0v) is 22.4. The number of unbranched alkanes of at least 4 members (excludes halogenated alkanes) is 2. The number of phosphoric ester groups is 1. The maximum atomic E-state index is 13.7. The molecule has 6 heteroatoms. The van der Waals surface area contributed by atoms with E-state index in [-0.39, 0.29) is 18.3 Å². The molecule has 0 aromatic carbocycles. The van der Waals surface area contributed by atoms with Crippen molar-refractivity contribution in [2.45, 2.75) is 132 Å². The molecule has 0 saturated heterocycles. The average molecular weight is 450 g/mol. The van der Waals surface area contributed by atoms with Crippen LogP contribution in [-0.2, 0) is 18.1 Å². The van der Waals surface area contributed by atoms with Crippen molar-refractivity contribution in [1.29, 1.82) is 0 Å². The van der Waals surface area contributed by atoms with Gasteiger partial charge >= 0.3 is 7.82 Å². The van der Waals surface area contributed by atoms with Gasteiger partial charge in [0.25, 0.3) is 0 Å². The molecule has 0 aliphatic rings. The van der Waals surface area contributed by atoms with Gasteiger partial charge in [-0.25, -0.2) is 4.57 Å². The van der Waals surface area contributed by atoms with E-state index in [0.717, 1.165) is 51.4 Å². The van der Waals surface area contributed by atoms with E-state index >= 15 is 0 Å². The van der Waals surface area contributed by atoms with Crippen LogP contribution in [0.15, 0.2) is 0 Å². The van der Waals surface area contributed by atoms with E-state index in [2.05, 4.69) is 60.3 Å². The maximum Gasteiger partial charge on any atom is 0.476 e. The SMILES string of the molecule is CCCCC(CC)COP(=O)(OCC(CC)CCCC)OC(C)N(C(C)C)C(C)C. The molecule has 3 unspecified atom stereocenters. The highest BCUT2D eigenvalue weighted by Gasteiger charge is 2.34. The van der Waals surface area contributed by atoms with E-state index < -0.39 is 7.82 Å². The third-order valence-corrected chi connectivity index (χ3v) is 7.41. The minimum atomic E-state index is -3.65. The molecular formula is C24H52NO4P. The van der Waals surface area contributed by atoms with Crippen LogP contribution in [0.4, 0.5) is 0 Å². The highest BCUT2D eigenvalue weighted by atomic mass is 31.2. The molecule has 0 aliphatic carbocycles. The minimum absolute atomic E-state index is 0.273. The Labute approximate surface area is 188 Å². The van der Waals surface area contributed by atoms with E-state index in [0.29, 0.717) is 25.0 Å². The van der Waals surface area contributed by atoms with Crippen LogP contribution in [0.25, 0.3) is 0 Å². The van der Waals surface area contributed by atoms with Crippen LogP contribution in [0.1, 0.15) is 114 Å². The van der Waals surface area contributed by atoms with Gasteiger partial charge in [-0.15, -0.1) is 0 Å². The number of phosphoric acid groups is 1. The monoisotopic (exact) mass is 449 g/mol. The van der Waals surface area contributed by atoms with E-state index in [1.807, 2.05) is 6.92 Å². The van der Waals surface area contributed by atoms with Crippen molar-refractivity contribution < 1.29 is 18.1 Å². The lowest BCUT2D eigenvalue weighted by Gasteiger charge is -2.37. The van der Waals surface area contributed by atoms with Crippen molar-refractivity contribution in [2.24, 2.45) is 11.8 Å². The number of nitrogens with zero attached hydrogens (tertiary/aromatic N) is 1. The average Bonchev–Trinajstić information content (AvgIpc) is 2.67. The first-order valence-electron chi connectivity index (χ1n) is 12.5. The Morgan fingerprint density at radius 3 is 1.43 bits per heavy atom. The third-order valence-electron chi connectivity index (χ3n) is 5.92. The standard InChI is InChI=1S/C24H52NO4P/c1-10-14-16-23(12-3)18-27-30(26,28-19-24(13-4)17-15-11-2)29-22(9)25(20(5)6)21(7)8/h20-24H,10-19H2,1-9H3. The Balaban J connectivity index is 5.27. The molecule has 0 rings (SSSR count). The van der Waals surface area contributed by atoms with E-state index in [1.165, 1.54) is 0 Å². The number of hydrogen-bond donors (Lipinski definition) is 0. The van der Waals surface area contributed by atoms with Crippen LogP contribution < -0.4 is 0 Å². The largest absolute Gasteiger partial charge is 0.476 e. The van der Waals surface area contributed by atoms with Crippen LogP contribution in [0.2, 0.25) is 0 Å².